The molecule has 20 heavy (non-hydrogen) atoms. The van der Waals surface area contributed by atoms with Gasteiger partial charge in [-0.05, 0) is 31.0 Å². The topological polar surface area (TPSA) is 27.1 Å². The molecule has 0 atom stereocenters. The summed E-state index contributed by atoms with van der Waals surface area (Å²) in [5.74, 6) is 1.48. The van der Waals surface area contributed by atoms with Gasteiger partial charge in [-0.15, -0.1) is 0 Å². The first kappa shape index (κ1) is 13.0. The van der Waals surface area contributed by atoms with E-state index in [1.807, 2.05) is 12.3 Å². The summed E-state index contributed by atoms with van der Waals surface area (Å²) in [6.45, 7) is 7.54. The fraction of sp³-hybridized carbons (Fsp3) is 0.353. The van der Waals surface area contributed by atoms with Crippen LogP contribution < -0.4 is 4.74 Å². The standard InChI is InChI=1S/C17H20N2O/c1-11(2)10-19-16-9-13(20-4)5-6-14(16)15-7-8-18-12(3)17(15)19/h5-9,11H,10H2,1-4H3. The lowest BCUT2D eigenvalue weighted by Gasteiger charge is -2.11. The van der Waals surface area contributed by atoms with Gasteiger partial charge in [-0.3, -0.25) is 4.98 Å². The van der Waals surface area contributed by atoms with Crippen molar-refractivity contribution < 1.29 is 4.74 Å². The Kier molecular flexibility index (Phi) is 3.13. The molecule has 104 valence electrons. The highest BCUT2D eigenvalue weighted by atomic mass is 16.5. The lowest BCUT2D eigenvalue weighted by atomic mass is 10.1. The minimum absolute atomic E-state index is 0.583. The zero-order chi connectivity index (χ0) is 14.3. The van der Waals surface area contributed by atoms with Crippen LogP contribution in [0.5, 0.6) is 5.75 Å². The minimum atomic E-state index is 0.583. The molecule has 0 aliphatic carbocycles. The average molecular weight is 268 g/mol. The highest BCUT2D eigenvalue weighted by Crippen LogP contribution is 2.33. The van der Waals surface area contributed by atoms with Gasteiger partial charge in [-0.1, -0.05) is 13.8 Å². The van der Waals surface area contributed by atoms with E-state index in [0.717, 1.165) is 18.0 Å². The highest BCUT2D eigenvalue weighted by molar-refractivity contribution is 6.09. The molecular formula is C17H20N2O. The smallest absolute Gasteiger partial charge is 0.120 e. The summed E-state index contributed by atoms with van der Waals surface area (Å²) in [5.41, 5.74) is 3.55. The number of methoxy groups -OCH3 is 1. The average Bonchev–Trinajstić information content (AvgIpc) is 2.73. The number of aryl methyl sites for hydroxylation is 1. The van der Waals surface area contributed by atoms with Crippen molar-refractivity contribution in [3.05, 3.63) is 36.2 Å². The molecule has 3 rings (SSSR count). The fourth-order valence-corrected chi connectivity index (χ4v) is 2.88. The number of ether oxygens (including phenoxy) is 1. The van der Waals surface area contributed by atoms with Crippen molar-refractivity contribution in [2.24, 2.45) is 5.92 Å². The van der Waals surface area contributed by atoms with E-state index in [9.17, 15) is 0 Å². The molecule has 2 aromatic heterocycles. The Morgan fingerprint density at radius 1 is 1.20 bits per heavy atom. The molecule has 0 N–H and O–H groups in total. The zero-order valence-corrected chi connectivity index (χ0v) is 12.5. The fourth-order valence-electron chi connectivity index (χ4n) is 2.88. The van der Waals surface area contributed by atoms with Gasteiger partial charge < -0.3 is 9.30 Å². The summed E-state index contributed by atoms with van der Waals surface area (Å²) >= 11 is 0. The second-order valence-corrected chi connectivity index (χ2v) is 5.68. The first-order valence-corrected chi connectivity index (χ1v) is 7.03. The molecule has 0 bridgehead atoms. The van der Waals surface area contributed by atoms with E-state index >= 15 is 0 Å². The van der Waals surface area contributed by atoms with Crippen molar-refractivity contribution >= 4 is 21.8 Å². The predicted octanol–water partition coefficient (Wildman–Crippen LogP) is 4.16. The number of pyridine rings is 1. The molecule has 3 nitrogen and oxygen atoms in total. The second kappa shape index (κ2) is 4.82. The van der Waals surface area contributed by atoms with Crippen LogP contribution in [0.3, 0.4) is 0 Å². The maximum Gasteiger partial charge on any atom is 0.120 e. The molecule has 0 aliphatic rings. The molecule has 0 spiro atoms. The molecule has 2 heterocycles. The van der Waals surface area contributed by atoms with E-state index in [4.69, 9.17) is 4.74 Å². The Labute approximate surface area is 119 Å². The Bertz CT molecular complexity index is 771. The number of nitrogens with zero attached hydrogens (tertiary/aromatic N) is 2. The quantitative estimate of drug-likeness (QED) is 0.713. The van der Waals surface area contributed by atoms with Crippen LogP contribution in [-0.4, -0.2) is 16.7 Å². The molecule has 3 heteroatoms. The van der Waals surface area contributed by atoms with Crippen LogP contribution in [0.1, 0.15) is 19.5 Å². The normalized spacial score (nSPS) is 11.7. The molecule has 0 radical (unpaired) electrons. The Balaban J connectivity index is 2.43. The van der Waals surface area contributed by atoms with Crippen molar-refractivity contribution in [3.8, 4) is 5.75 Å². The van der Waals surface area contributed by atoms with Gasteiger partial charge in [0.2, 0.25) is 0 Å². The molecule has 1 aromatic carbocycles. The number of rotatable bonds is 3. The van der Waals surface area contributed by atoms with Crippen molar-refractivity contribution in [2.45, 2.75) is 27.3 Å². The third-order valence-electron chi connectivity index (χ3n) is 3.71. The minimum Gasteiger partial charge on any atom is -0.497 e. The van der Waals surface area contributed by atoms with Crippen LogP contribution in [0.15, 0.2) is 30.5 Å². The number of hydrogen-bond donors (Lipinski definition) is 0. The van der Waals surface area contributed by atoms with Crippen LogP contribution in [0, 0.1) is 12.8 Å². The SMILES string of the molecule is COc1ccc2c3ccnc(C)c3n(CC(C)C)c2c1. The Morgan fingerprint density at radius 2 is 2.00 bits per heavy atom. The lowest BCUT2D eigenvalue weighted by Crippen LogP contribution is -2.05. The number of hydrogen-bond acceptors (Lipinski definition) is 2. The van der Waals surface area contributed by atoms with Crippen LogP contribution >= 0.6 is 0 Å². The van der Waals surface area contributed by atoms with Gasteiger partial charge >= 0.3 is 0 Å². The Hall–Kier alpha value is -2.03. The lowest BCUT2D eigenvalue weighted by molar-refractivity contribution is 0.415. The third kappa shape index (κ3) is 1.94. The Morgan fingerprint density at radius 3 is 2.70 bits per heavy atom. The molecule has 0 fully saturated rings. The molecule has 0 amide bonds. The van der Waals surface area contributed by atoms with Crippen LogP contribution in [0.25, 0.3) is 21.8 Å². The largest absolute Gasteiger partial charge is 0.497 e. The van der Waals surface area contributed by atoms with Gasteiger partial charge in [-0.2, -0.15) is 0 Å². The van der Waals surface area contributed by atoms with Gasteiger partial charge in [-0.25, -0.2) is 0 Å². The van der Waals surface area contributed by atoms with Gasteiger partial charge in [0.25, 0.3) is 0 Å². The maximum absolute atomic E-state index is 5.38. The van der Waals surface area contributed by atoms with Crippen molar-refractivity contribution in [2.75, 3.05) is 7.11 Å². The molecule has 0 aliphatic heterocycles. The summed E-state index contributed by atoms with van der Waals surface area (Å²) in [6, 6.07) is 8.40. The van der Waals surface area contributed by atoms with Crippen molar-refractivity contribution in [1.29, 1.82) is 0 Å². The number of fused-ring (bicyclic) bond motifs is 3. The van der Waals surface area contributed by atoms with Crippen LogP contribution in [0.4, 0.5) is 0 Å². The number of benzene rings is 1. The monoisotopic (exact) mass is 268 g/mol. The number of aromatic nitrogens is 2. The summed E-state index contributed by atoms with van der Waals surface area (Å²) in [4.78, 5) is 4.46. The van der Waals surface area contributed by atoms with Gasteiger partial charge in [0.1, 0.15) is 5.75 Å². The van der Waals surface area contributed by atoms with E-state index in [2.05, 4.69) is 48.5 Å². The van der Waals surface area contributed by atoms with Gasteiger partial charge in [0.05, 0.1) is 23.8 Å². The van der Waals surface area contributed by atoms with Gasteiger partial charge in [0.15, 0.2) is 0 Å². The summed E-state index contributed by atoms with van der Waals surface area (Å²) in [6.07, 6.45) is 1.89. The summed E-state index contributed by atoms with van der Waals surface area (Å²) in [7, 11) is 1.71. The molecule has 3 aromatic rings. The molecule has 0 saturated heterocycles. The molecule has 0 unspecified atom stereocenters. The summed E-state index contributed by atoms with van der Waals surface area (Å²) in [5, 5.41) is 2.54. The first-order chi connectivity index (χ1) is 9.61. The van der Waals surface area contributed by atoms with E-state index in [1.54, 1.807) is 7.11 Å². The van der Waals surface area contributed by atoms with Crippen LogP contribution in [0.2, 0.25) is 0 Å². The van der Waals surface area contributed by atoms with E-state index in [-0.39, 0.29) is 0 Å². The third-order valence-corrected chi connectivity index (χ3v) is 3.71. The maximum atomic E-state index is 5.38. The molecule has 0 saturated carbocycles. The van der Waals surface area contributed by atoms with E-state index in [1.165, 1.54) is 21.8 Å². The van der Waals surface area contributed by atoms with Crippen LogP contribution in [-0.2, 0) is 6.54 Å². The zero-order valence-electron chi connectivity index (χ0n) is 12.5. The van der Waals surface area contributed by atoms with Gasteiger partial charge in [0, 0.05) is 29.6 Å². The summed E-state index contributed by atoms with van der Waals surface area (Å²) < 4.78 is 7.75. The van der Waals surface area contributed by atoms with Crippen molar-refractivity contribution in [1.82, 2.24) is 9.55 Å². The van der Waals surface area contributed by atoms with E-state index < -0.39 is 0 Å². The highest BCUT2D eigenvalue weighted by Gasteiger charge is 2.14. The van der Waals surface area contributed by atoms with Crippen molar-refractivity contribution in [3.63, 3.8) is 0 Å². The predicted molar refractivity (Wildman–Crippen MR) is 83.4 cm³/mol. The first-order valence-electron chi connectivity index (χ1n) is 7.03. The molecular weight excluding hydrogens is 248 g/mol. The van der Waals surface area contributed by atoms with E-state index in [0.29, 0.717) is 5.92 Å². The second-order valence-electron chi connectivity index (χ2n) is 5.68.